The number of primary amides is 1. The fraction of sp³-hybridized carbons (Fsp3) is 0.435. The van der Waals surface area contributed by atoms with E-state index in [4.69, 9.17) is 19.9 Å². The van der Waals surface area contributed by atoms with Gasteiger partial charge in [0.1, 0.15) is 11.5 Å². The van der Waals surface area contributed by atoms with Gasteiger partial charge in [0.15, 0.2) is 6.10 Å². The van der Waals surface area contributed by atoms with E-state index in [1.807, 2.05) is 75.4 Å². The molecule has 0 spiro atoms. The molecular weight excluding hydrogens is 386 g/mol. The van der Waals surface area contributed by atoms with Gasteiger partial charge in [0.25, 0.3) is 0 Å². The molecule has 29 heavy (non-hydrogen) atoms. The van der Waals surface area contributed by atoms with Crippen molar-refractivity contribution in [3.8, 4) is 11.5 Å². The molecule has 2 aromatic rings. The van der Waals surface area contributed by atoms with Gasteiger partial charge in [0.2, 0.25) is 5.91 Å². The molecule has 2 aromatic carbocycles. The van der Waals surface area contributed by atoms with E-state index in [1.165, 1.54) is 0 Å². The molecule has 2 N–H and O–H groups in total. The van der Waals surface area contributed by atoms with Crippen LogP contribution in [0.4, 0.5) is 0 Å². The molecule has 0 saturated carbocycles. The van der Waals surface area contributed by atoms with Gasteiger partial charge in [-0.15, -0.1) is 11.8 Å². The third-order valence-electron chi connectivity index (χ3n) is 4.67. The van der Waals surface area contributed by atoms with Crippen LogP contribution in [0.3, 0.4) is 0 Å². The molecule has 1 aliphatic rings. The number of carbonyl (C=O) groups excluding carboxylic acids is 1. The average Bonchev–Trinajstić information content (AvgIpc) is 2.68. The number of rotatable bonds is 7. The van der Waals surface area contributed by atoms with Crippen LogP contribution in [0, 0.1) is 0 Å². The predicted molar refractivity (Wildman–Crippen MR) is 115 cm³/mol. The van der Waals surface area contributed by atoms with Crippen LogP contribution in [-0.2, 0) is 14.3 Å². The fourth-order valence-corrected chi connectivity index (χ4v) is 4.73. The first-order valence-corrected chi connectivity index (χ1v) is 10.7. The van der Waals surface area contributed by atoms with E-state index in [0.717, 1.165) is 16.4 Å². The Hall–Kier alpha value is -2.02. The van der Waals surface area contributed by atoms with Crippen LogP contribution in [0.1, 0.15) is 33.6 Å². The van der Waals surface area contributed by atoms with Crippen molar-refractivity contribution in [2.24, 2.45) is 5.73 Å². The van der Waals surface area contributed by atoms with E-state index in [-0.39, 0.29) is 0 Å². The maximum atomic E-state index is 12.4. The molecule has 1 fully saturated rings. The summed E-state index contributed by atoms with van der Waals surface area (Å²) in [4.78, 5) is 13.4. The second-order valence-corrected chi connectivity index (χ2v) is 9.67. The maximum absolute atomic E-state index is 12.4. The van der Waals surface area contributed by atoms with E-state index < -0.39 is 22.4 Å². The minimum Gasteiger partial charge on any atom is -0.457 e. The topological polar surface area (TPSA) is 70.8 Å². The second-order valence-electron chi connectivity index (χ2n) is 8.18. The highest BCUT2D eigenvalue weighted by molar-refractivity contribution is 8.00. The van der Waals surface area contributed by atoms with Gasteiger partial charge in [-0.05, 0) is 70.0 Å². The summed E-state index contributed by atoms with van der Waals surface area (Å²) >= 11 is 1.64. The van der Waals surface area contributed by atoms with E-state index in [9.17, 15) is 4.79 Å². The molecule has 5 nitrogen and oxygen atoms in total. The van der Waals surface area contributed by atoms with Crippen molar-refractivity contribution < 1.29 is 19.0 Å². The highest BCUT2D eigenvalue weighted by Crippen LogP contribution is 2.45. The number of carbonyl (C=O) groups is 1. The monoisotopic (exact) mass is 415 g/mol. The van der Waals surface area contributed by atoms with Crippen LogP contribution >= 0.6 is 11.8 Å². The fourth-order valence-electron chi connectivity index (χ4n) is 3.35. The molecule has 1 heterocycles. The van der Waals surface area contributed by atoms with Crippen molar-refractivity contribution in [3.63, 3.8) is 0 Å². The number of nitrogens with two attached hydrogens (primary N) is 1. The Morgan fingerprint density at radius 1 is 1.03 bits per heavy atom. The number of amides is 1. The molecule has 156 valence electrons. The highest BCUT2D eigenvalue weighted by atomic mass is 32.2. The first-order valence-electron chi connectivity index (χ1n) is 9.84. The van der Waals surface area contributed by atoms with Crippen molar-refractivity contribution in [1.82, 2.24) is 0 Å². The summed E-state index contributed by atoms with van der Waals surface area (Å²) in [6.07, 6.45) is 0.699. The lowest BCUT2D eigenvalue weighted by Gasteiger charge is -2.43. The summed E-state index contributed by atoms with van der Waals surface area (Å²) in [6.45, 7) is 6.99. The predicted octanol–water partition coefficient (Wildman–Crippen LogP) is 4.79. The van der Waals surface area contributed by atoms with Crippen molar-refractivity contribution in [3.05, 3.63) is 54.6 Å². The summed E-state index contributed by atoms with van der Waals surface area (Å²) in [7, 11) is 0. The standard InChI is InChI=1S/C23H29NO4S/c1-22(2,3)28-20(21(24)25)23(13-15-26-16-14-23)29-19-11-9-18(10-12-19)27-17-7-5-4-6-8-17/h4-12,20H,13-16H2,1-3H3,(H2,24,25). The second kappa shape index (κ2) is 9.20. The Morgan fingerprint density at radius 2 is 1.62 bits per heavy atom. The summed E-state index contributed by atoms with van der Waals surface area (Å²) < 4.78 is 17.1. The van der Waals surface area contributed by atoms with Crippen LogP contribution in [0.5, 0.6) is 11.5 Å². The molecule has 3 rings (SSSR count). The zero-order valence-corrected chi connectivity index (χ0v) is 18.0. The van der Waals surface area contributed by atoms with Crippen LogP contribution in [0.15, 0.2) is 59.5 Å². The minimum absolute atomic E-state index is 0.432. The number of para-hydroxylation sites is 1. The summed E-state index contributed by atoms with van der Waals surface area (Å²) in [5.41, 5.74) is 5.31. The van der Waals surface area contributed by atoms with Crippen molar-refractivity contribution in [2.45, 2.75) is 55.0 Å². The summed E-state index contributed by atoms with van der Waals surface area (Å²) in [6, 6.07) is 17.6. The molecule has 1 unspecified atom stereocenters. The first kappa shape index (κ1) is 21.7. The molecule has 0 radical (unpaired) electrons. The van der Waals surface area contributed by atoms with E-state index in [0.29, 0.717) is 26.1 Å². The first-order chi connectivity index (χ1) is 13.8. The van der Waals surface area contributed by atoms with Gasteiger partial charge in [0.05, 0.1) is 10.3 Å². The lowest BCUT2D eigenvalue weighted by molar-refractivity contribution is -0.146. The van der Waals surface area contributed by atoms with Crippen LogP contribution in [-0.4, -0.2) is 35.6 Å². The Balaban J connectivity index is 1.80. The number of hydrogen-bond donors (Lipinski definition) is 1. The quantitative estimate of drug-likeness (QED) is 0.704. The third kappa shape index (κ3) is 5.98. The molecule has 1 saturated heterocycles. The lowest BCUT2D eigenvalue weighted by atomic mass is 9.91. The Morgan fingerprint density at radius 3 is 2.17 bits per heavy atom. The van der Waals surface area contributed by atoms with Crippen LogP contribution in [0.2, 0.25) is 0 Å². The number of ether oxygens (including phenoxy) is 3. The van der Waals surface area contributed by atoms with Crippen LogP contribution in [0.25, 0.3) is 0 Å². The lowest BCUT2D eigenvalue weighted by Crippen LogP contribution is -2.54. The zero-order chi connectivity index (χ0) is 20.9. The molecule has 1 atom stereocenters. The number of benzene rings is 2. The number of thioether (sulfide) groups is 1. The highest BCUT2D eigenvalue weighted by Gasteiger charge is 2.47. The number of hydrogen-bond acceptors (Lipinski definition) is 5. The SMILES string of the molecule is CC(C)(C)OC(C(N)=O)C1(Sc2ccc(Oc3ccccc3)cc2)CCOCC1. The van der Waals surface area contributed by atoms with Gasteiger partial charge in [0, 0.05) is 18.1 Å². The molecule has 6 heteroatoms. The van der Waals surface area contributed by atoms with Crippen molar-refractivity contribution in [1.29, 1.82) is 0 Å². The van der Waals surface area contributed by atoms with Gasteiger partial charge in [-0.1, -0.05) is 18.2 Å². The Kier molecular flexibility index (Phi) is 6.88. The van der Waals surface area contributed by atoms with Gasteiger partial charge >= 0.3 is 0 Å². The van der Waals surface area contributed by atoms with Gasteiger partial charge in [-0.3, -0.25) is 4.79 Å². The van der Waals surface area contributed by atoms with Gasteiger partial charge in [-0.2, -0.15) is 0 Å². The van der Waals surface area contributed by atoms with Gasteiger partial charge in [-0.25, -0.2) is 0 Å². The largest absolute Gasteiger partial charge is 0.457 e. The molecule has 1 amide bonds. The zero-order valence-electron chi connectivity index (χ0n) is 17.2. The molecular formula is C23H29NO4S. The molecule has 0 aliphatic carbocycles. The van der Waals surface area contributed by atoms with Gasteiger partial charge < -0.3 is 19.9 Å². The summed E-state index contributed by atoms with van der Waals surface area (Å²) in [5, 5.41) is 0. The van der Waals surface area contributed by atoms with Crippen molar-refractivity contribution >= 4 is 17.7 Å². The Bertz CT molecular complexity index is 796. The Labute approximate surface area is 176 Å². The minimum atomic E-state index is -0.698. The van der Waals surface area contributed by atoms with Crippen LogP contribution < -0.4 is 10.5 Å². The van der Waals surface area contributed by atoms with E-state index in [1.54, 1.807) is 11.8 Å². The smallest absolute Gasteiger partial charge is 0.248 e. The van der Waals surface area contributed by atoms with E-state index in [2.05, 4.69) is 0 Å². The molecule has 1 aliphatic heterocycles. The normalized spacial score (nSPS) is 17.5. The van der Waals surface area contributed by atoms with Crippen molar-refractivity contribution in [2.75, 3.05) is 13.2 Å². The third-order valence-corrected chi connectivity index (χ3v) is 6.21. The average molecular weight is 416 g/mol. The molecule has 0 bridgehead atoms. The summed E-state index contributed by atoms with van der Waals surface area (Å²) in [5.74, 6) is 1.12. The van der Waals surface area contributed by atoms with E-state index >= 15 is 0 Å². The molecule has 0 aromatic heterocycles. The maximum Gasteiger partial charge on any atom is 0.248 e.